The number of nitrogens with zero attached hydrogens (tertiary/aromatic N) is 2. The molecule has 2 aliphatic rings. The lowest BCUT2D eigenvalue weighted by Crippen LogP contribution is -2.52. The molecule has 5 nitrogen and oxygen atoms in total. The summed E-state index contributed by atoms with van der Waals surface area (Å²) in [7, 11) is 0. The molecule has 0 radical (unpaired) electrons. The van der Waals surface area contributed by atoms with E-state index in [1.165, 1.54) is 0 Å². The second-order valence-corrected chi connectivity index (χ2v) is 7.00. The highest BCUT2D eigenvalue weighted by Crippen LogP contribution is 2.18. The van der Waals surface area contributed by atoms with E-state index in [0.717, 1.165) is 62.7 Å². The van der Waals surface area contributed by atoms with E-state index in [4.69, 9.17) is 9.84 Å². The van der Waals surface area contributed by atoms with E-state index in [1.54, 1.807) is 17.4 Å². The summed E-state index contributed by atoms with van der Waals surface area (Å²) in [6.45, 7) is 5.29. The van der Waals surface area contributed by atoms with Gasteiger partial charge in [0.05, 0.1) is 6.61 Å². The Balaban J connectivity index is 1.47. The Morgan fingerprint density at radius 1 is 1.30 bits per heavy atom. The lowest BCUT2D eigenvalue weighted by molar-refractivity contribution is -0.128. The second-order valence-electron chi connectivity index (χ2n) is 6.05. The number of aliphatic hydroxyl groups excluding tert-OH is 1. The van der Waals surface area contributed by atoms with Gasteiger partial charge in [0.1, 0.15) is 0 Å². The SMILES string of the molecule is O=C(C=Cc1cc(CO)cs1)N1CCN(C2CCOCC2)CC1. The zero-order valence-corrected chi connectivity index (χ0v) is 14.1. The molecule has 0 aromatic carbocycles. The summed E-state index contributed by atoms with van der Waals surface area (Å²) in [6.07, 6.45) is 5.72. The van der Waals surface area contributed by atoms with Gasteiger partial charge in [-0.2, -0.15) is 0 Å². The molecule has 2 saturated heterocycles. The van der Waals surface area contributed by atoms with Crippen LogP contribution in [0, 0.1) is 0 Å². The fraction of sp³-hybridized carbons (Fsp3) is 0.588. The van der Waals surface area contributed by atoms with Crippen LogP contribution >= 0.6 is 11.3 Å². The number of ether oxygens (including phenoxy) is 1. The molecule has 23 heavy (non-hydrogen) atoms. The van der Waals surface area contributed by atoms with E-state index in [2.05, 4.69) is 4.90 Å². The molecular weight excluding hydrogens is 312 g/mol. The number of thiophene rings is 1. The normalized spacial score (nSPS) is 21.2. The number of piperazine rings is 1. The molecule has 0 bridgehead atoms. The second kappa shape index (κ2) is 8.06. The van der Waals surface area contributed by atoms with Crippen molar-refractivity contribution in [2.45, 2.75) is 25.5 Å². The molecule has 0 spiro atoms. The number of hydrogen-bond donors (Lipinski definition) is 1. The Hall–Kier alpha value is -1.21. The third-order valence-electron chi connectivity index (χ3n) is 4.58. The van der Waals surface area contributed by atoms with Crippen molar-refractivity contribution < 1.29 is 14.6 Å². The minimum absolute atomic E-state index is 0.0481. The van der Waals surface area contributed by atoms with Crippen LogP contribution in [0.15, 0.2) is 17.5 Å². The average Bonchev–Trinajstić information content (AvgIpc) is 3.09. The molecule has 0 unspecified atom stereocenters. The molecule has 126 valence electrons. The standard InChI is InChI=1S/C17H24N2O3S/c20-12-14-11-16(23-13-14)1-2-17(21)19-7-5-18(6-8-19)15-3-9-22-10-4-15/h1-2,11,13,15,20H,3-10,12H2. The number of aliphatic hydroxyl groups is 1. The lowest BCUT2D eigenvalue weighted by atomic mass is 10.1. The third-order valence-corrected chi connectivity index (χ3v) is 5.53. The molecule has 1 N–H and O–H groups in total. The third kappa shape index (κ3) is 4.41. The van der Waals surface area contributed by atoms with Gasteiger partial charge in [-0.1, -0.05) is 0 Å². The first kappa shape index (κ1) is 16.6. The summed E-state index contributed by atoms with van der Waals surface area (Å²) in [5.74, 6) is 0.0792. The number of rotatable bonds is 4. The van der Waals surface area contributed by atoms with Gasteiger partial charge >= 0.3 is 0 Å². The zero-order chi connectivity index (χ0) is 16.1. The summed E-state index contributed by atoms with van der Waals surface area (Å²) in [5, 5.41) is 11.0. The highest BCUT2D eigenvalue weighted by molar-refractivity contribution is 7.11. The molecule has 0 aliphatic carbocycles. The first-order valence-corrected chi connectivity index (χ1v) is 9.11. The molecule has 2 fully saturated rings. The number of carbonyl (C=O) groups excluding carboxylic acids is 1. The summed E-state index contributed by atoms with van der Waals surface area (Å²) < 4.78 is 5.42. The predicted octanol–water partition coefficient (Wildman–Crippen LogP) is 1.58. The van der Waals surface area contributed by atoms with Crippen molar-refractivity contribution >= 4 is 23.3 Å². The van der Waals surface area contributed by atoms with Gasteiger partial charge in [0.15, 0.2) is 0 Å². The number of amides is 1. The molecule has 0 atom stereocenters. The number of carbonyl (C=O) groups is 1. The van der Waals surface area contributed by atoms with Crippen LogP contribution in [0.1, 0.15) is 23.3 Å². The van der Waals surface area contributed by atoms with E-state index < -0.39 is 0 Å². The fourth-order valence-electron chi connectivity index (χ4n) is 3.18. The van der Waals surface area contributed by atoms with Crippen LogP contribution in [-0.4, -0.2) is 66.2 Å². The van der Waals surface area contributed by atoms with Crippen molar-refractivity contribution in [3.8, 4) is 0 Å². The van der Waals surface area contributed by atoms with Crippen LogP contribution < -0.4 is 0 Å². The van der Waals surface area contributed by atoms with Gasteiger partial charge in [-0.05, 0) is 35.9 Å². The molecule has 1 aromatic heterocycles. The zero-order valence-electron chi connectivity index (χ0n) is 13.3. The van der Waals surface area contributed by atoms with Crippen LogP contribution in [0.4, 0.5) is 0 Å². The van der Waals surface area contributed by atoms with Crippen LogP contribution in [0.25, 0.3) is 6.08 Å². The van der Waals surface area contributed by atoms with Crippen molar-refractivity contribution in [1.29, 1.82) is 0 Å². The monoisotopic (exact) mass is 336 g/mol. The van der Waals surface area contributed by atoms with Gasteiger partial charge in [0.25, 0.3) is 0 Å². The van der Waals surface area contributed by atoms with E-state index in [0.29, 0.717) is 6.04 Å². The van der Waals surface area contributed by atoms with E-state index >= 15 is 0 Å². The van der Waals surface area contributed by atoms with Crippen molar-refractivity contribution in [3.05, 3.63) is 28.0 Å². The minimum Gasteiger partial charge on any atom is -0.392 e. The maximum absolute atomic E-state index is 12.3. The van der Waals surface area contributed by atoms with Gasteiger partial charge in [-0.3, -0.25) is 9.69 Å². The highest BCUT2D eigenvalue weighted by Gasteiger charge is 2.26. The first-order chi connectivity index (χ1) is 11.3. The molecular formula is C17H24N2O3S. The molecule has 0 saturated carbocycles. The number of hydrogen-bond acceptors (Lipinski definition) is 5. The largest absolute Gasteiger partial charge is 0.392 e. The van der Waals surface area contributed by atoms with Gasteiger partial charge in [-0.25, -0.2) is 0 Å². The van der Waals surface area contributed by atoms with Crippen molar-refractivity contribution in [1.82, 2.24) is 9.80 Å². The molecule has 2 aliphatic heterocycles. The molecule has 6 heteroatoms. The average molecular weight is 336 g/mol. The smallest absolute Gasteiger partial charge is 0.246 e. The van der Waals surface area contributed by atoms with Gasteiger partial charge in [-0.15, -0.1) is 11.3 Å². The Labute approximate surface area is 141 Å². The molecule has 3 heterocycles. The van der Waals surface area contributed by atoms with Crippen LogP contribution in [-0.2, 0) is 16.1 Å². The van der Waals surface area contributed by atoms with E-state index in [1.807, 2.05) is 22.4 Å². The highest BCUT2D eigenvalue weighted by atomic mass is 32.1. The van der Waals surface area contributed by atoms with Crippen LogP contribution in [0.3, 0.4) is 0 Å². The Kier molecular flexibility index (Phi) is 5.83. The fourth-order valence-corrected chi connectivity index (χ4v) is 3.98. The van der Waals surface area contributed by atoms with Gasteiger partial charge < -0.3 is 14.7 Å². The summed E-state index contributed by atoms with van der Waals surface area (Å²) >= 11 is 1.54. The minimum atomic E-state index is 0.0481. The van der Waals surface area contributed by atoms with Crippen LogP contribution in [0.5, 0.6) is 0 Å². The first-order valence-electron chi connectivity index (χ1n) is 8.23. The predicted molar refractivity (Wildman–Crippen MR) is 91.3 cm³/mol. The molecule has 1 amide bonds. The molecule has 3 rings (SSSR count). The Bertz CT molecular complexity index is 544. The van der Waals surface area contributed by atoms with Gasteiger partial charge in [0.2, 0.25) is 5.91 Å². The van der Waals surface area contributed by atoms with Crippen molar-refractivity contribution in [2.24, 2.45) is 0 Å². The molecule has 1 aromatic rings. The summed E-state index contributed by atoms with van der Waals surface area (Å²) in [6, 6.07) is 2.54. The van der Waals surface area contributed by atoms with Crippen LogP contribution in [0.2, 0.25) is 0 Å². The quantitative estimate of drug-likeness (QED) is 0.848. The summed E-state index contributed by atoms with van der Waals surface area (Å²) in [4.78, 5) is 17.7. The Morgan fingerprint density at radius 3 is 2.70 bits per heavy atom. The Morgan fingerprint density at radius 2 is 2.04 bits per heavy atom. The summed E-state index contributed by atoms with van der Waals surface area (Å²) in [5.41, 5.74) is 0.896. The lowest BCUT2D eigenvalue weighted by Gasteiger charge is -2.40. The maximum Gasteiger partial charge on any atom is 0.246 e. The van der Waals surface area contributed by atoms with Crippen molar-refractivity contribution in [3.63, 3.8) is 0 Å². The van der Waals surface area contributed by atoms with Gasteiger partial charge in [0, 0.05) is 56.4 Å². The van der Waals surface area contributed by atoms with Crippen molar-refractivity contribution in [2.75, 3.05) is 39.4 Å². The maximum atomic E-state index is 12.3. The van der Waals surface area contributed by atoms with E-state index in [-0.39, 0.29) is 12.5 Å². The van der Waals surface area contributed by atoms with E-state index in [9.17, 15) is 4.79 Å². The topological polar surface area (TPSA) is 53.0 Å².